The van der Waals surface area contributed by atoms with E-state index in [1.54, 1.807) is 12.4 Å². The average molecular weight is 270 g/mol. The van der Waals surface area contributed by atoms with Crippen molar-refractivity contribution in [3.8, 4) is 0 Å². The van der Waals surface area contributed by atoms with Gasteiger partial charge in [-0.05, 0) is 31.0 Å². The van der Waals surface area contributed by atoms with Crippen molar-refractivity contribution >= 4 is 5.82 Å². The Hall–Kier alpha value is -2.01. The third-order valence-corrected chi connectivity index (χ3v) is 3.75. The van der Waals surface area contributed by atoms with Crippen molar-refractivity contribution in [2.24, 2.45) is 0 Å². The van der Waals surface area contributed by atoms with Crippen LogP contribution in [-0.2, 0) is 4.74 Å². The average Bonchev–Trinajstić information content (AvgIpc) is 2.51. The third-order valence-electron chi connectivity index (χ3n) is 3.75. The van der Waals surface area contributed by atoms with E-state index in [-0.39, 0.29) is 6.10 Å². The second-order valence-electron chi connectivity index (χ2n) is 5.07. The molecule has 20 heavy (non-hydrogen) atoms. The smallest absolute Gasteiger partial charge is 0.154 e. The number of ether oxygens (including phenoxy) is 1. The molecule has 3 heterocycles. The maximum absolute atomic E-state index is 5.86. The summed E-state index contributed by atoms with van der Waals surface area (Å²) in [6, 6.07) is 3.99. The Bertz CT molecular complexity index is 588. The van der Waals surface area contributed by atoms with E-state index in [1.165, 1.54) is 11.1 Å². The number of aromatic nitrogens is 3. The summed E-state index contributed by atoms with van der Waals surface area (Å²) in [7, 11) is 0. The van der Waals surface area contributed by atoms with E-state index >= 15 is 0 Å². The van der Waals surface area contributed by atoms with Crippen LogP contribution in [0.2, 0.25) is 0 Å². The van der Waals surface area contributed by atoms with Crippen molar-refractivity contribution in [1.82, 2.24) is 15.2 Å². The van der Waals surface area contributed by atoms with E-state index in [9.17, 15) is 0 Å². The first-order valence-corrected chi connectivity index (χ1v) is 6.81. The number of hydrogen-bond acceptors (Lipinski definition) is 5. The minimum atomic E-state index is 0.0409. The highest BCUT2D eigenvalue weighted by molar-refractivity contribution is 5.48. The number of anilines is 1. The van der Waals surface area contributed by atoms with Crippen LogP contribution < -0.4 is 4.90 Å². The molecule has 1 unspecified atom stereocenters. The molecule has 1 atom stereocenters. The number of morpholine rings is 1. The van der Waals surface area contributed by atoms with Crippen LogP contribution >= 0.6 is 0 Å². The lowest BCUT2D eigenvalue weighted by molar-refractivity contribution is 0.0392. The highest BCUT2D eigenvalue weighted by Gasteiger charge is 2.24. The topological polar surface area (TPSA) is 51.1 Å². The van der Waals surface area contributed by atoms with Gasteiger partial charge in [0.15, 0.2) is 5.82 Å². The quantitative estimate of drug-likeness (QED) is 0.836. The molecule has 0 bridgehead atoms. The molecule has 5 heteroatoms. The van der Waals surface area contributed by atoms with Gasteiger partial charge in [0.25, 0.3) is 0 Å². The summed E-state index contributed by atoms with van der Waals surface area (Å²) in [6.07, 6.45) is 5.49. The summed E-state index contributed by atoms with van der Waals surface area (Å²) >= 11 is 0. The summed E-state index contributed by atoms with van der Waals surface area (Å²) in [4.78, 5) is 6.41. The zero-order valence-electron chi connectivity index (χ0n) is 11.8. The number of rotatable bonds is 2. The van der Waals surface area contributed by atoms with Crippen molar-refractivity contribution in [2.45, 2.75) is 20.0 Å². The summed E-state index contributed by atoms with van der Waals surface area (Å²) < 4.78 is 5.86. The monoisotopic (exact) mass is 270 g/mol. The van der Waals surface area contributed by atoms with Gasteiger partial charge in [0, 0.05) is 31.0 Å². The van der Waals surface area contributed by atoms with Gasteiger partial charge in [0.05, 0.1) is 12.8 Å². The number of nitrogens with zero attached hydrogens (tertiary/aromatic N) is 4. The second kappa shape index (κ2) is 5.54. The van der Waals surface area contributed by atoms with Gasteiger partial charge in [0.1, 0.15) is 6.10 Å². The predicted molar refractivity (Wildman–Crippen MR) is 76.6 cm³/mol. The lowest BCUT2D eigenvalue weighted by Crippen LogP contribution is -2.39. The molecule has 0 amide bonds. The molecular weight excluding hydrogens is 252 g/mol. The van der Waals surface area contributed by atoms with Crippen molar-refractivity contribution in [3.63, 3.8) is 0 Å². The first kappa shape index (κ1) is 13.0. The van der Waals surface area contributed by atoms with Gasteiger partial charge in [-0.15, -0.1) is 5.10 Å². The van der Waals surface area contributed by atoms with Gasteiger partial charge in [-0.25, -0.2) is 0 Å². The van der Waals surface area contributed by atoms with Crippen LogP contribution in [0, 0.1) is 13.8 Å². The van der Waals surface area contributed by atoms with Gasteiger partial charge in [-0.3, -0.25) is 4.98 Å². The lowest BCUT2D eigenvalue weighted by atomic mass is 10.1. The number of aryl methyl sites for hydroxylation is 1. The van der Waals surface area contributed by atoms with E-state index in [2.05, 4.69) is 40.0 Å². The largest absolute Gasteiger partial charge is 0.370 e. The van der Waals surface area contributed by atoms with E-state index in [0.29, 0.717) is 6.61 Å². The molecule has 5 nitrogen and oxygen atoms in total. The molecule has 1 fully saturated rings. The third kappa shape index (κ3) is 2.49. The predicted octanol–water partition coefficient (Wildman–Crippen LogP) is 2.07. The van der Waals surface area contributed by atoms with E-state index in [1.807, 2.05) is 12.3 Å². The van der Waals surface area contributed by atoms with Crippen LogP contribution in [0.25, 0.3) is 0 Å². The molecule has 0 aliphatic carbocycles. The van der Waals surface area contributed by atoms with Gasteiger partial charge in [0.2, 0.25) is 0 Å². The first-order valence-electron chi connectivity index (χ1n) is 6.81. The zero-order valence-corrected chi connectivity index (χ0v) is 11.8. The molecule has 104 valence electrons. The first-order chi connectivity index (χ1) is 9.75. The summed E-state index contributed by atoms with van der Waals surface area (Å²) in [5, 5.41) is 8.37. The van der Waals surface area contributed by atoms with Crippen LogP contribution in [-0.4, -0.2) is 34.9 Å². The summed E-state index contributed by atoms with van der Waals surface area (Å²) in [6.45, 7) is 6.47. The minimum Gasteiger partial charge on any atom is -0.370 e. The molecular formula is C15H18N4O. The van der Waals surface area contributed by atoms with E-state index in [0.717, 1.165) is 24.5 Å². The maximum Gasteiger partial charge on any atom is 0.154 e. The summed E-state index contributed by atoms with van der Waals surface area (Å²) in [5.41, 5.74) is 3.46. The molecule has 0 radical (unpaired) electrons. The molecule has 1 aliphatic heterocycles. The van der Waals surface area contributed by atoms with Gasteiger partial charge in [-0.2, -0.15) is 5.10 Å². The maximum atomic E-state index is 5.86. The van der Waals surface area contributed by atoms with E-state index in [4.69, 9.17) is 4.74 Å². The molecule has 0 aromatic carbocycles. The Morgan fingerprint density at radius 1 is 1.30 bits per heavy atom. The number of hydrogen-bond donors (Lipinski definition) is 0. The SMILES string of the molecule is Cc1cnnc(N2CCOC(c3cccnc3)C2)c1C. The Balaban J connectivity index is 1.83. The van der Waals surface area contributed by atoms with Gasteiger partial charge >= 0.3 is 0 Å². The van der Waals surface area contributed by atoms with Crippen molar-refractivity contribution in [3.05, 3.63) is 47.4 Å². The zero-order chi connectivity index (χ0) is 13.9. The molecule has 1 aliphatic rings. The summed E-state index contributed by atoms with van der Waals surface area (Å²) in [5.74, 6) is 0.960. The number of pyridine rings is 1. The van der Waals surface area contributed by atoms with Crippen LogP contribution in [0.1, 0.15) is 22.8 Å². The Morgan fingerprint density at radius 3 is 3.00 bits per heavy atom. The highest BCUT2D eigenvalue weighted by atomic mass is 16.5. The van der Waals surface area contributed by atoms with Crippen LogP contribution in [0.4, 0.5) is 5.82 Å². The van der Waals surface area contributed by atoms with Crippen LogP contribution in [0.3, 0.4) is 0 Å². The fourth-order valence-electron chi connectivity index (χ4n) is 2.43. The van der Waals surface area contributed by atoms with Crippen molar-refractivity contribution < 1.29 is 4.74 Å². The Kier molecular flexibility index (Phi) is 3.60. The molecule has 2 aromatic rings. The van der Waals surface area contributed by atoms with Gasteiger partial charge in [-0.1, -0.05) is 6.07 Å². The molecule has 0 N–H and O–H groups in total. The van der Waals surface area contributed by atoms with Crippen molar-refractivity contribution in [1.29, 1.82) is 0 Å². The fourth-order valence-corrected chi connectivity index (χ4v) is 2.43. The Labute approximate surface area is 118 Å². The molecule has 3 rings (SSSR count). The standard InChI is InChI=1S/C15H18N4O/c1-11-8-17-18-15(12(11)2)19-6-7-20-14(10-19)13-4-3-5-16-9-13/h3-5,8-9,14H,6-7,10H2,1-2H3. The fraction of sp³-hybridized carbons (Fsp3) is 0.400. The molecule has 2 aromatic heterocycles. The highest BCUT2D eigenvalue weighted by Crippen LogP contribution is 2.26. The van der Waals surface area contributed by atoms with Gasteiger partial charge < -0.3 is 9.64 Å². The molecule has 0 spiro atoms. The molecule has 0 saturated carbocycles. The van der Waals surface area contributed by atoms with E-state index < -0.39 is 0 Å². The normalized spacial score (nSPS) is 19.1. The second-order valence-corrected chi connectivity index (χ2v) is 5.07. The van der Waals surface area contributed by atoms with Crippen LogP contribution in [0.15, 0.2) is 30.7 Å². The lowest BCUT2D eigenvalue weighted by Gasteiger charge is -2.34. The van der Waals surface area contributed by atoms with Crippen LogP contribution in [0.5, 0.6) is 0 Å². The molecule has 1 saturated heterocycles. The Morgan fingerprint density at radius 2 is 2.20 bits per heavy atom. The minimum absolute atomic E-state index is 0.0409. The van der Waals surface area contributed by atoms with Crippen molar-refractivity contribution in [2.75, 3.05) is 24.6 Å².